The van der Waals surface area contributed by atoms with Gasteiger partial charge in [-0.3, -0.25) is 9.69 Å². The molecule has 8 rings (SSSR count). The second kappa shape index (κ2) is 14.0. The molecule has 3 aliphatic carbocycles. The van der Waals surface area contributed by atoms with E-state index in [9.17, 15) is 22.8 Å². The molecule has 0 bridgehead atoms. The monoisotopic (exact) mass is 707 g/mol. The van der Waals surface area contributed by atoms with Crippen LogP contribution in [0.15, 0.2) is 91.0 Å². The van der Waals surface area contributed by atoms with E-state index in [0.717, 1.165) is 71.7 Å². The summed E-state index contributed by atoms with van der Waals surface area (Å²) in [6.45, 7) is 1.56. The van der Waals surface area contributed by atoms with Crippen LogP contribution in [0.25, 0.3) is 11.1 Å². The number of hydrogen-bond acceptors (Lipinski definition) is 4. The number of amides is 2. The van der Waals surface area contributed by atoms with Crippen LogP contribution in [0.2, 0.25) is 0 Å². The number of halogens is 3. The van der Waals surface area contributed by atoms with Crippen LogP contribution in [-0.4, -0.2) is 35.6 Å². The molecule has 4 unspecified atom stereocenters. The molecule has 2 saturated carbocycles. The Hall–Kier alpha value is -4.79. The highest BCUT2D eigenvalue weighted by atomic mass is 19.4. The van der Waals surface area contributed by atoms with Gasteiger partial charge in [-0.05, 0) is 103 Å². The van der Waals surface area contributed by atoms with Crippen LogP contribution >= 0.6 is 0 Å². The van der Waals surface area contributed by atoms with Crippen LogP contribution < -0.4 is 10.6 Å². The van der Waals surface area contributed by atoms with Gasteiger partial charge in [-0.2, -0.15) is 13.2 Å². The number of fused-ring (bicyclic) bond motifs is 4. The van der Waals surface area contributed by atoms with Gasteiger partial charge in [0.1, 0.15) is 6.61 Å². The number of carbonyl (C=O) groups is 2. The van der Waals surface area contributed by atoms with Crippen molar-refractivity contribution in [3.63, 3.8) is 0 Å². The molecule has 0 spiro atoms. The SMILES string of the molecule is Cc1ccc(NC(=O)C2CC3CCCC3N(C(=O)OCC3c4ccccc4-c4ccccc43)C2c2ccc(NC3CCCC3)cc2)cc1C(F)(F)F. The van der Waals surface area contributed by atoms with Gasteiger partial charge in [0.05, 0.1) is 17.5 Å². The lowest BCUT2D eigenvalue weighted by molar-refractivity contribution is -0.138. The van der Waals surface area contributed by atoms with Crippen molar-refractivity contribution >= 4 is 23.4 Å². The van der Waals surface area contributed by atoms with Crippen LogP contribution in [-0.2, 0) is 15.7 Å². The average Bonchev–Trinajstić information content (AvgIpc) is 3.90. The first kappa shape index (κ1) is 34.3. The zero-order chi connectivity index (χ0) is 36.0. The molecule has 270 valence electrons. The van der Waals surface area contributed by atoms with Crippen LogP contribution in [0.1, 0.15) is 91.1 Å². The lowest BCUT2D eigenvalue weighted by atomic mass is 9.76. The molecule has 52 heavy (non-hydrogen) atoms. The Morgan fingerprint density at radius 1 is 0.808 bits per heavy atom. The highest BCUT2D eigenvalue weighted by Crippen LogP contribution is 2.50. The van der Waals surface area contributed by atoms with Crippen molar-refractivity contribution in [3.8, 4) is 11.1 Å². The van der Waals surface area contributed by atoms with Crippen molar-refractivity contribution in [2.24, 2.45) is 11.8 Å². The smallest absolute Gasteiger partial charge is 0.416 e. The number of piperidine rings is 1. The number of ether oxygens (including phenoxy) is 1. The molecular formula is C43H44F3N3O3. The highest BCUT2D eigenvalue weighted by molar-refractivity contribution is 5.94. The molecule has 1 heterocycles. The van der Waals surface area contributed by atoms with E-state index in [2.05, 4.69) is 34.9 Å². The lowest BCUT2D eigenvalue weighted by Gasteiger charge is -2.47. The minimum absolute atomic E-state index is 0.0690. The summed E-state index contributed by atoms with van der Waals surface area (Å²) in [6, 6.07) is 27.9. The molecule has 2 N–H and O–H groups in total. The number of anilines is 2. The predicted octanol–water partition coefficient (Wildman–Crippen LogP) is 10.5. The molecule has 1 saturated heterocycles. The Bertz CT molecular complexity index is 1910. The Labute approximate surface area is 302 Å². The van der Waals surface area contributed by atoms with Crippen LogP contribution in [0, 0.1) is 18.8 Å². The number of alkyl halides is 3. The Kier molecular flexibility index (Phi) is 9.22. The first-order valence-electron chi connectivity index (χ1n) is 18.6. The van der Waals surface area contributed by atoms with E-state index < -0.39 is 35.7 Å². The summed E-state index contributed by atoms with van der Waals surface area (Å²) in [5.74, 6) is -1.16. The number of aryl methyl sites for hydroxylation is 1. The van der Waals surface area contributed by atoms with Gasteiger partial charge in [0, 0.05) is 29.4 Å². The van der Waals surface area contributed by atoms with E-state index in [1.54, 1.807) is 4.90 Å². The Morgan fingerprint density at radius 2 is 1.46 bits per heavy atom. The zero-order valence-electron chi connectivity index (χ0n) is 29.3. The van der Waals surface area contributed by atoms with Crippen molar-refractivity contribution in [3.05, 3.63) is 119 Å². The molecule has 2 amide bonds. The van der Waals surface area contributed by atoms with E-state index >= 15 is 0 Å². The second-order valence-electron chi connectivity index (χ2n) is 15.0. The van der Waals surface area contributed by atoms with E-state index in [4.69, 9.17) is 4.74 Å². The number of carbonyl (C=O) groups excluding carboxylic acids is 2. The van der Waals surface area contributed by atoms with Gasteiger partial charge < -0.3 is 15.4 Å². The van der Waals surface area contributed by atoms with Crippen LogP contribution in [0.3, 0.4) is 0 Å². The first-order chi connectivity index (χ1) is 25.2. The normalized spacial score (nSPS) is 22.8. The zero-order valence-corrected chi connectivity index (χ0v) is 29.3. The average molecular weight is 708 g/mol. The number of likely N-dealkylation sites (tertiary alicyclic amines) is 1. The molecule has 1 aliphatic heterocycles. The second-order valence-corrected chi connectivity index (χ2v) is 15.0. The summed E-state index contributed by atoms with van der Waals surface area (Å²) in [4.78, 5) is 30.7. The third-order valence-electron chi connectivity index (χ3n) is 11.9. The van der Waals surface area contributed by atoms with E-state index in [-0.39, 0.29) is 35.7 Å². The third kappa shape index (κ3) is 6.54. The van der Waals surface area contributed by atoms with Crippen molar-refractivity contribution in [1.82, 2.24) is 4.90 Å². The molecule has 0 aromatic heterocycles. The largest absolute Gasteiger partial charge is 0.448 e. The van der Waals surface area contributed by atoms with Crippen molar-refractivity contribution < 1.29 is 27.5 Å². The standard InChI is InChI=1S/C43H44F3N3O3/c1-26-17-20-31(24-38(26)43(44,45)46)48-41(50)36-23-28-9-8-16-39(28)49(40(36)27-18-21-30(22-19-27)47-29-10-2-3-11-29)42(51)52-25-37-34-14-6-4-12-32(34)33-13-5-7-15-35(33)37/h4-7,12-15,17-22,24,28-29,36-37,39-40,47H,2-3,8-11,16,23,25H2,1H3,(H,48,50). The number of benzene rings is 4. The Morgan fingerprint density at radius 3 is 2.13 bits per heavy atom. The van der Waals surface area contributed by atoms with Crippen LogP contribution in [0.4, 0.5) is 29.3 Å². The van der Waals surface area contributed by atoms with E-state index in [1.807, 2.05) is 48.5 Å². The molecule has 9 heteroatoms. The van der Waals surface area contributed by atoms with Gasteiger partial charge in [0.15, 0.2) is 0 Å². The molecular weight excluding hydrogens is 663 g/mol. The molecule has 4 aliphatic rings. The van der Waals surface area contributed by atoms with E-state index in [1.165, 1.54) is 31.9 Å². The Balaban J connectivity index is 1.11. The maximum absolute atomic E-state index is 14.6. The van der Waals surface area contributed by atoms with Crippen LogP contribution in [0.5, 0.6) is 0 Å². The van der Waals surface area contributed by atoms with Gasteiger partial charge in [-0.15, -0.1) is 0 Å². The predicted molar refractivity (Wildman–Crippen MR) is 196 cm³/mol. The maximum Gasteiger partial charge on any atom is 0.416 e. The fourth-order valence-electron chi connectivity index (χ4n) is 9.40. The third-order valence-corrected chi connectivity index (χ3v) is 11.9. The molecule has 0 radical (unpaired) electrons. The molecule has 4 aromatic carbocycles. The van der Waals surface area contributed by atoms with E-state index in [0.29, 0.717) is 12.5 Å². The fraction of sp³-hybridized carbons (Fsp3) is 0.395. The lowest BCUT2D eigenvalue weighted by Crippen LogP contribution is -2.54. The summed E-state index contributed by atoms with van der Waals surface area (Å²) in [5.41, 5.74) is 5.67. The van der Waals surface area contributed by atoms with Gasteiger partial charge in [0.25, 0.3) is 0 Å². The topological polar surface area (TPSA) is 70.7 Å². The molecule has 4 aromatic rings. The number of hydrogen-bond donors (Lipinski definition) is 2. The highest BCUT2D eigenvalue weighted by Gasteiger charge is 2.50. The van der Waals surface area contributed by atoms with Gasteiger partial charge in [-0.25, -0.2) is 4.79 Å². The first-order valence-corrected chi connectivity index (χ1v) is 18.6. The summed E-state index contributed by atoms with van der Waals surface area (Å²) in [7, 11) is 0. The number of nitrogens with one attached hydrogen (secondary N) is 2. The summed E-state index contributed by atoms with van der Waals surface area (Å²) < 4.78 is 47.8. The maximum atomic E-state index is 14.6. The molecule has 3 fully saturated rings. The number of rotatable bonds is 7. The van der Waals surface area contributed by atoms with Crippen molar-refractivity contribution in [1.29, 1.82) is 0 Å². The minimum Gasteiger partial charge on any atom is -0.448 e. The summed E-state index contributed by atoms with van der Waals surface area (Å²) in [5, 5.41) is 6.44. The van der Waals surface area contributed by atoms with Crippen molar-refractivity contribution in [2.75, 3.05) is 17.2 Å². The fourth-order valence-corrected chi connectivity index (χ4v) is 9.40. The molecule has 6 nitrogen and oxygen atoms in total. The van der Waals surface area contributed by atoms with Gasteiger partial charge >= 0.3 is 12.3 Å². The number of nitrogens with zero attached hydrogens (tertiary/aromatic N) is 1. The van der Waals surface area contributed by atoms with Gasteiger partial charge in [0.2, 0.25) is 5.91 Å². The van der Waals surface area contributed by atoms with Gasteiger partial charge in [-0.1, -0.05) is 86.0 Å². The summed E-state index contributed by atoms with van der Waals surface area (Å²) in [6.07, 6.45) is 2.74. The van der Waals surface area contributed by atoms with Crippen molar-refractivity contribution in [2.45, 2.75) is 88.5 Å². The minimum atomic E-state index is -4.55. The molecule has 4 atom stereocenters. The summed E-state index contributed by atoms with van der Waals surface area (Å²) >= 11 is 0. The quantitative estimate of drug-likeness (QED) is 0.201.